The fraction of sp³-hybridized carbons (Fsp3) is 0.857. The van der Waals surface area contributed by atoms with E-state index in [1.165, 1.54) is 4.90 Å². The molecule has 102 valence electrons. The summed E-state index contributed by atoms with van der Waals surface area (Å²) in [7, 11) is 0. The minimum atomic E-state index is -0.433. The summed E-state index contributed by atoms with van der Waals surface area (Å²) in [5.74, 6) is -0.0174. The zero-order chi connectivity index (χ0) is 13.3. The summed E-state index contributed by atoms with van der Waals surface area (Å²) in [6.45, 7) is 3.74. The third-order valence-electron chi connectivity index (χ3n) is 4.53. The number of hydrogen-bond acceptors (Lipinski definition) is 3. The van der Waals surface area contributed by atoms with Crippen molar-refractivity contribution in [2.75, 3.05) is 6.61 Å². The molecule has 0 radical (unpaired) electrons. The first kappa shape index (κ1) is 13.5. The molecule has 2 aliphatic rings. The Hall–Kier alpha value is -0.900. The standard InChI is InChI=1S/C14H23NO3/c1-10(2)11(9-16)15-12(17)8-14(13(15)18)6-4-3-5-7-14/h10-11,16H,3-9H2,1-2H3/t11-/m0/s1. The highest BCUT2D eigenvalue weighted by Crippen LogP contribution is 2.46. The van der Waals surface area contributed by atoms with Crippen molar-refractivity contribution in [2.24, 2.45) is 11.3 Å². The number of imide groups is 1. The Morgan fingerprint density at radius 1 is 1.22 bits per heavy atom. The van der Waals surface area contributed by atoms with Crippen LogP contribution >= 0.6 is 0 Å². The van der Waals surface area contributed by atoms with Crippen molar-refractivity contribution in [1.82, 2.24) is 4.90 Å². The molecule has 2 rings (SSSR count). The molecule has 0 unspecified atom stereocenters. The molecule has 1 spiro atoms. The first-order valence-electron chi connectivity index (χ1n) is 6.99. The zero-order valence-corrected chi connectivity index (χ0v) is 11.3. The molecule has 1 aliphatic heterocycles. The first-order chi connectivity index (χ1) is 8.52. The molecule has 4 nitrogen and oxygen atoms in total. The lowest BCUT2D eigenvalue weighted by atomic mass is 9.73. The van der Waals surface area contributed by atoms with Gasteiger partial charge in [-0.25, -0.2) is 0 Å². The van der Waals surface area contributed by atoms with Crippen LogP contribution in [0.3, 0.4) is 0 Å². The summed E-state index contributed by atoms with van der Waals surface area (Å²) < 4.78 is 0. The fourth-order valence-corrected chi connectivity index (χ4v) is 3.36. The Kier molecular flexibility index (Phi) is 3.76. The van der Waals surface area contributed by atoms with E-state index < -0.39 is 5.41 Å². The van der Waals surface area contributed by atoms with Crippen LogP contribution in [0, 0.1) is 11.3 Å². The minimum absolute atomic E-state index is 0.0278. The number of aliphatic hydroxyl groups is 1. The summed E-state index contributed by atoms with van der Waals surface area (Å²) in [6.07, 6.45) is 5.27. The maximum Gasteiger partial charge on any atom is 0.236 e. The Morgan fingerprint density at radius 2 is 1.83 bits per heavy atom. The van der Waals surface area contributed by atoms with E-state index >= 15 is 0 Å². The molecule has 1 heterocycles. The summed E-state index contributed by atoms with van der Waals surface area (Å²) in [5, 5.41) is 9.43. The van der Waals surface area contributed by atoms with E-state index in [1.54, 1.807) is 0 Å². The molecule has 0 aromatic heterocycles. The third kappa shape index (κ3) is 2.07. The Labute approximate surface area is 108 Å². The summed E-state index contributed by atoms with van der Waals surface area (Å²) >= 11 is 0. The van der Waals surface area contributed by atoms with E-state index in [0.29, 0.717) is 6.42 Å². The third-order valence-corrected chi connectivity index (χ3v) is 4.53. The number of carbonyl (C=O) groups is 2. The van der Waals surface area contributed by atoms with Crippen molar-refractivity contribution in [3.63, 3.8) is 0 Å². The number of amides is 2. The highest BCUT2D eigenvalue weighted by molar-refractivity contribution is 6.06. The monoisotopic (exact) mass is 253 g/mol. The van der Waals surface area contributed by atoms with Gasteiger partial charge in [0.25, 0.3) is 0 Å². The summed E-state index contributed by atoms with van der Waals surface area (Å²) in [5.41, 5.74) is -0.433. The predicted molar refractivity (Wildman–Crippen MR) is 67.7 cm³/mol. The van der Waals surface area contributed by atoms with Crippen molar-refractivity contribution in [2.45, 2.75) is 58.4 Å². The molecule has 1 N–H and O–H groups in total. The molecule has 18 heavy (non-hydrogen) atoms. The molecule has 0 aromatic rings. The van der Waals surface area contributed by atoms with Crippen LogP contribution in [0.15, 0.2) is 0 Å². The average molecular weight is 253 g/mol. The van der Waals surface area contributed by atoms with Gasteiger partial charge in [-0.2, -0.15) is 0 Å². The van der Waals surface area contributed by atoms with Crippen LogP contribution in [-0.4, -0.2) is 34.5 Å². The van der Waals surface area contributed by atoms with Crippen molar-refractivity contribution in [3.8, 4) is 0 Å². The van der Waals surface area contributed by atoms with Crippen LogP contribution in [0.1, 0.15) is 52.4 Å². The van der Waals surface area contributed by atoms with Gasteiger partial charge in [-0.05, 0) is 18.8 Å². The molecule has 1 saturated heterocycles. The quantitative estimate of drug-likeness (QED) is 0.779. The maximum atomic E-state index is 12.6. The lowest BCUT2D eigenvalue weighted by molar-refractivity contribution is -0.147. The lowest BCUT2D eigenvalue weighted by Gasteiger charge is -2.33. The molecule has 2 fully saturated rings. The molecule has 1 aliphatic carbocycles. The van der Waals surface area contributed by atoms with Gasteiger partial charge >= 0.3 is 0 Å². The number of likely N-dealkylation sites (tertiary alicyclic amines) is 1. The van der Waals surface area contributed by atoms with Crippen molar-refractivity contribution in [3.05, 3.63) is 0 Å². The van der Waals surface area contributed by atoms with Gasteiger partial charge in [-0.3, -0.25) is 14.5 Å². The van der Waals surface area contributed by atoms with Crippen LogP contribution in [-0.2, 0) is 9.59 Å². The van der Waals surface area contributed by atoms with Crippen LogP contribution in [0.25, 0.3) is 0 Å². The Balaban J connectivity index is 2.23. The fourth-order valence-electron chi connectivity index (χ4n) is 3.36. The van der Waals surface area contributed by atoms with Crippen LogP contribution < -0.4 is 0 Å². The van der Waals surface area contributed by atoms with E-state index in [1.807, 2.05) is 13.8 Å². The number of nitrogens with zero attached hydrogens (tertiary/aromatic N) is 1. The number of hydrogen-bond donors (Lipinski definition) is 1. The zero-order valence-electron chi connectivity index (χ0n) is 11.3. The van der Waals surface area contributed by atoms with Gasteiger partial charge < -0.3 is 5.11 Å². The van der Waals surface area contributed by atoms with E-state index in [-0.39, 0.29) is 30.4 Å². The van der Waals surface area contributed by atoms with Crippen molar-refractivity contribution >= 4 is 11.8 Å². The van der Waals surface area contributed by atoms with Crippen molar-refractivity contribution < 1.29 is 14.7 Å². The highest BCUT2D eigenvalue weighted by Gasteiger charge is 2.53. The van der Waals surface area contributed by atoms with E-state index in [2.05, 4.69) is 0 Å². The lowest BCUT2D eigenvalue weighted by Crippen LogP contribution is -2.47. The molecule has 1 saturated carbocycles. The molecule has 4 heteroatoms. The second kappa shape index (κ2) is 5.00. The topological polar surface area (TPSA) is 57.6 Å². The summed E-state index contributed by atoms with van der Waals surface area (Å²) in [6, 6.07) is -0.355. The second-order valence-corrected chi connectivity index (χ2v) is 6.08. The molecule has 0 bridgehead atoms. The van der Waals surface area contributed by atoms with Gasteiger partial charge in [0, 0.05) is 6.42 Å². The minimum Gasteiger partial charge on any atom is -0.394 e. The largest absolute Gasteiger partial charge is 0.394 e. The Morgan fingerprint density at radius 3 is 2.33 bits per heavy atom. The average Bonchev–Trinajstić information content (AvgIpc) is 2.55. The Bertz CT molecular complexity index is 345. The van der Waals surface area contributed by atoms with Gasteiger partial charge in [-0.1, -0.05) is 33.1 Å². The molecule has 1 atom stereocenters. The molecular formula is C14H23NO3. The smallest absolute Gasteiger partial charge is 0.236 e. The van der Waals surface area contributed by atoms with Gasteiger partial charge in [0.05, 0.1) is 18.1 Å². The first-order valence-corrected chi connectivity index (χ1v) is 6.99. The van der Waals surface area contributed by atoms with Gasteiger partial charge in [0.1, 0.15) is 0 Å². The van der Waals surface area contributed by atoms with Gasteiger partial charge in [0.2, 0.25) is 11.8 Å². The number of carbonyl (C=O) groups excluding carboxylic acids is 2. The SMILES string of the molecule is CC(C)[C@H](CO)N1C(=O)CC2(CCCCC2)C1=O. The summed E-state index contributed by atoms with van der Waals surface area (Å²) in [4.78, 5) is 26.1. The van der Waals surface area contributed by atoms with Gasteiger partial charge in [-0.15, -0.1) is 0 Å². The predicted octanol–water partition coefficient (Wildman–Crippen LogP) is 1.71. The molecule has 0 aromatic carbocycles. The van der Waals surface area contributed by atoms with Crippen LogP contribution in [0.4, 0.5) is 0 Å². The van der Waals surface area contributed by atoms with Crippen LogP contribution in [0.5, 0.6) is 0 Å². The number of aliphatic hydroxyl groups excluding tert-OH is 1. The normalized spacial score (nSPS) is 25.2. The van der Waals surface area contributed by atoms with E-state index in [0.717, 1.165) is 32.1 Å². The molecular weight excluding hydrogens is 230 g/mol. The highest BCUT2D eigenvalue weighted by atomic mass is 16.3. The van der Waals surface area contributed by atoms with Gasteiger partial charge in [0.15, 0.2) is 0 Å². The second-order valence-electron chi connectivity index (χ2n) is 6.08. The van der Waals surface area contributed by atoms with E-state index in [9.17, 15) is 14.7 Å². The van der Waals surface area contributed by atoms with E-state index in [4.69, 9.17) is 0 Å². The number of rotatable bonds is 3. The van der Waals surface area contributed by atoms with Crippen LogP contribution in [0.2, 0.25) is 0 Å². The maximum absolute atomic E-state index is 12.6. The van der Waals surface area contributed by atoms with Crippen molar-refractivity contribution in [1.29, 1.82) is 0 Å². The molecule has 2 amide bonds.